The van der Waals surface area contributed by atoms with Crippen molar-refractivity contribution < 1.29 is 9.47 Å². The van der Waals surface area contributed by atoms with Gasteiger partial charge in [-0.15, -0.1) is 0 Å². The normalized spacial score (nSPS) is 10.0. The summed E-state index contributed by atoms with van der Waals surface area (Å²) in [6.07, 6.45) is 0. The zero-order chi connectivity index (χ0) is 11.3. The van der Waals surface area contributed by atoms with Crippen LogP contribution in [-0.4, -0.2) is 26.2 Å². The molecule has 4 heteroatoms. The van der Waals surface area contributed by atoms with Crippen LogP contribution in [0.2, 0.25) is 0 Å². The number of hydrogen-bond acceptors (Lipinski definition) is 3. The SMILES string of the molecule is COCCOc1ccc(C(=N)N)c(C)c1. The van der Waals surface area contributed by atoms with Crippen molar-refractivity contribution in [1.29, 1.82) is 5.41 Å². The lowest BCUT2D eigenvalue weighted by atomic mass is 10.1. The standard InChI is InChI=1S/C11H16N2O2/c1-8-7-9(15-6-5-14-2)3-4-10(8)11(12)13/h3-4,7H,5-6H2,1-2H3,(H3,12,13). The number of benzene rings is 1. The Balaban J connectivity index is 2.69. The van der Waals surface area contributed by atoms with Crippen LogP contribution < -0.4 is 10.5 Å². The Morgan fingerprint density at radius 1 is 1.40 bits per heavy atom. The molecule has 0 saturated carbocycles. The van der Waals surface area contributed by atoms with Gasteiger partial charge in [0.05, 0.1) is 6.61 Å². The molecular weight excluding hydrogens is 192 g/mol. The molecule has 1 aromatic carbocycles. The van der Waals surface area contributed by atoms with Gasteiger partial charge < -0.3 is 15.2 Å². The van der Waals surface area contributed by atoms with E-state index in [4.69, 9.17) is 20.6 Å². The highest BCUT2D eigenvalue weighted by molar-refractivity contribution is 5.96. The van der Waals surface area contributed by atoms with E-state index in [1.807, 2.05) is 13.0 Å². The summed E-state index contributed by atoms with van der Waals surface area (Å²) in [4.78, 5) is 0. The van der Waals surface area contributed by atoms with Crippen LogP contribution in [0.5, 0.6) is 5.75 Å². The summed E-state index contributed by atoms with van der Waals surface area (Å²) in [5.41, 5.74) is 7.10. The number of nitrogens with one attached hydrogen (secondary N) is 1. The van der Waals surface area contributed by atoms with Crippen LogP contribution in [-0.2, 0) is 4.74 Å². The molecule has 0 unspecified atom stereocenters. The third-order valence-corrected chi connectivity index (χ3v) is 2.04. The molecule has 0 amide bonds. The molecule has 0 aliphatic carbocycles. The van der Waals surface area contributed by atoms with Crippen LogP contribution in [0.25, 0.3) is 0 Å². The smallest absolute Gasteiger partial charge is 0.123 e. The minimum Gasteiger partial charge on any atom is -0.491 e. The van der Waals surface area contributed by atoms with E-state index in [9.17, 15) is 0 Å². The van der Waals surface area contributed by atoms with Crippen molar-refractivity contribution in [1.82, 2.24) is 0 Å². The van der Waals surface area contributed by atoms with E-state index < -0.39 is 0 Å². The number of aryl methyl sites for hydroxylation is 1. The first-order valence-electron chi connectivity index (χ1n) is 4.72. The third-order valence-electron chi connectivity index (χ3n) is 2.04. The van der Waals surface area contributed by atoms with E-state index in [1.165, 1.54) is 0 Å². The van der Waals surface area contributed by atoms with E-state index in [2.05, 4.69) is 0 Å². The lowest BCUT2D eigenvalue weighted by Crippen LogP contribution is -2.13. The fourth-order valence-electron chi connectivity index (χ4n) is 1.27. The van der Waals surface area contributed by atoms with Gasteiger partial charge >= 0.3 is 0 Å². The molecule has 0 radical (unpaired) electrons. The fourth-order valence-corrected chi connectivity index (χ4v) is 1.27. The average molecular weight is 208 g/mol. The predicted molar refractivity (Wildman–Crippen MR) is 59.6 cm³/mol. The van der Waals surface area contributed by atoms with Crippen LogP contribution in [0.4, 0.5) is 0 Å². The Morgan fingerprint density at radius 2 is 2.13 bits per heavy atom. The lowest BCUT2D eigenvalue weighted by Gasteiger charge is -2.08. The van der Waals surface area contributed by atoms with Crippen LogP contribution >= 0.6 is 0 Å². The van der Waals surface area contributed by atoms with Crippen molar-refractivity contribution in [3.8, 4) is 5.75 Å². The number of amidine groups is 1. The number of ether oxygens (including phenoxy) is 2. The second-order valence-electron chi connectivity index (χ2n) is 3.23. The largest absolute Gasteiger partial charge is 0.491 e. The van der Waals surface area contributed by atoms with E-state index >= 15 is 0 Å². The summed E-state index contributed by atoms with van der Waals surface area (Å²) in [6.45, 7) is 2.99. The Morgan fingerprint density at radius 3 is 2.67 bits per heavy atom. The maximum Gasteiger partial charge on any atom is 0.123 e. The fraction of sp³-hybridized carbons (Fsp3) is 0.364. The summed E-state index contributed by atoms with van der Waals surface area (Å²) in [5, 5.41) is 7.33. The zero-order valence-corrected chi connectivity index (χ0v) is 9.04. The molecule has 0 aliphatic heterocycles. The van der Waals surface area contributed by atoms with Gasteiger partial charge in [0.1, 0.15) is 18.2 Å². The summed E-state index contributed by atoms with van der Waals surface area (Å²) >= 11 is 0. The van der Waals surface area contributed by atoms with Gasteiger partial charge in [0.2, 0.25) is 0 Å². The molecule has 0 spiro atoms. The van der Waals surface area contributed by atoms with Crippen molar-refractivity contribution in [2.45, 2.75) is 6.92 Å². The average Bonchev–Trinajstić information content (AvgIpc) is 2.17. The van der Waals surface area contributed by atoms with E-state index in [0.717, 1.165) is 16.9 Å². The first kappa shape index (κ1) is 11.5. The van der Waals surface area contributed by atoms with E-state index in [1.54, 1.807) is 19.2 Å². The van der Waals surface area contributed by atoms with Gasteiger partial charge in [0, 0.05) is 12.7 Å². The Hall–Kier alpha value is -1.55. The van der Waals surface area contributed by atoms with E-state index in [0.29, 0.717) is 13.2 Å². The predicted octanol–water partition coefficient (Wildman–Crippen LogP) is 1.30. The molecule has 0 fully saturated rings. The zero-order valence-electron chi connectivity index (χ0n) is 9.04. The molecule has 1 aromatic rings. The molecule has 0 aromatic heterocycles. The monoisotopic (exact) mass is 208 g/mol. The highest BCUT2D eigenvalue weighted by Gasteiger charge is 2.02. The van der Waals surface area contributed by atoms with Gasteiger partial charge in [0.15, 0.2) is 0 Å². The highest BCUT2D eigenvalue weighted by atomic mass is 16.5. The van der Waals surface area contributed by atoms with Crippen LogP contribution in [0.15, 0.2) is 18.2 Å². The second kappa shape index (κ2) is 5.36. The molecule has 1 rings (SSSR count). The second-order valence-corrected chi connectivity index (χ2v) is 3.23. The maximum atomic E-state index is 7.33. The van der Waals surface area contributed by atoms with Crippen molar-refractivity contribution >= 4 is 5.84 Å². The third kappa shape index (κ3) is 3.25. The van der Waals surface area contributed by atoms with Crippen molar-refractivity contribution in [2.75, 3.05) is 20.3 Å². The summed E-state index contributed by atoms with van der Waals surface area (Å²) in [7, 11) is 1.63. The van der Waals surface area contributed by atoms with Crippen LogP contribution in [0.3, 0.4) is 0 Å². The molecule has 0 atom stereocenters. The van der Waals surface area contributed by atoms with Gasteiger partial charge in [-0.2, -0.15) is 0 Å². The van der Waals surface area contributed by atoms with Crippen molar-refractivity contribution in [2.24, 2.45) is 5.73 Å². The number of methoxy groups -OCH3 is 1. The summed E-state index contributed by atoms with van der Waals surface area (Å²) in [6, 6.07) is 5.46. The molecular formula is C11H16N2O2. The minimum atomic E-state index is 0.0796. The molecule has 15 heavy (non-hydrogen) atoms. The molecule has 0 aliphatic rings. The minimum absolute atomic E-state index is 0.0796. The number of hydrogen-bond donors (Lipinski definition) is 2. The topological polar surface area (TPSA) is 68.3 Å². The number of rotatable bonds is 5. The summed E-state index contributed by atoms with van der Waals surface area (Å²) < 4.78 is 10.3. The number of nitrogen functional groups attached to an aromatic ring is 1. The van der Waals surface area contributed by atoms with Gasteiger partial charge in [-0.3, -0.25) is 5.41 Å². The maximum absolute atomic E-state index is 7.33. The molecule has 0 bridgehead atoms. The Kier molecular flexibility index (Phi) is 4.12. The molecule has 0 heterocycles. The Bertz CT molecular complexity index is 350. The van der Waals surface area contributed by atoms with Crippen LogP contribution in [0, 0.1) is 12.3 Å². The van der Waals surface area contributed by atoms with E-state index in [-0.39, 0.29) is 5.84 Å². The Labute approximate surface area is 89.5 Å². The highest BCUT2D eigenvalue weighted by Crippen LogP contribution is 2.16. The molecule has 4 nitrogen and oxygen atoms in total. The number of nitrogens with two attached hydrogens (primary N) is 1. The van der Waals surface area contributed by atoms with Gasteiger partial charge in [-0.05, 0) is 30.7 Å². The molecule has 3 N–H and O–H groups in total. The first-order chi connectivity index (χ1) is 7.15. The van der Waals surface area contributed by atoms with Crippen molar-refractivity contribution in [3.05, 3.63) is 29.3 Å². The molecule has 0 saturated heterocycles. The quantitative estimate of drug-likeness (QED) is 0.435. The van der Waals surface area contributed by atoms with Gasteiger partial charge in [-0.1, -0.05) is 0 Å². The molecule has 82 valence electrons. The van der Waals surface area contributed by atoms with Crippen molar-refractivity contribution in [3.63, 3.8) is 0 Å². The first-order valence-corrected chi connectivity index (χ1v) is 4.72. The summed E-state index contributed by atoms with van der Waals surface area (Å²) in [5.74, 6) is 0.852. The van der Waals surface area contributed by atoms with Gasteiger partial charge in [-0.25, -0.2) is 0 Å². The van der Waals surface area contributed by atoms with Crippen LogP contribution in [0.1, 0.15) is 11.1 Å². The van der Waals surface area contributed by atoms with Gasteiger partial charge in [0.25, 0.3) is 0 Å². The lowest BCUT2D eigenvalue weighted by molar-refractivity contribution is 0.146.